The number of hydrogen-bond acceptors (Lipinski definition) is 16. The van der Waals surface area contributed by atoms with Crippen LogP contribution in [0.25, 0.3) is 26.8 Å². The Morgan fingerprint density at radius 2 is 1.47 bits per heavy atom. The molecule has 0 saturated carbocycles. The fourth-order valence-electron chi connectivity index (χ4n) is 11.9. The molecule has 1 N–H and O–H groups in total. The standard InChI is InChI=1S/C64H84FN7O10S2.3Na.O3S/c1-7-33-71-56-28-25-51(70(34-14-43-83(74,75)76)35-15-44-84(77,78)79)46-54(56)63(3,4)58(71)29-23-48-16-13-17-49(61(48)53-18-10-11-19-55(53)65)24-30-59-64(5,6)62-52-26-21-47(2)45-50(52)22-27-57(62)72(59)36-12-8-9-20-60(73)67-31-37-80-39-41-82-42-40-81-38-32-68-69-66;;;;1-4(2)3/h10-11,18-19,21-30,45-46H,1,7-9,12-17,20,31-44H2,2-6H3,(H,67,73)(H,74,75,76)(H,77,78,79);;;;/q;3*+1;/p-2. The predicted molar refractivity (Wildman–Crippen MR) is 339 cm³/mol. The topological polar surface area (TPSA) is 281 Å². The average Bonchev–Trinajstić information content (AvgIpc) is 1.60. The zero-order valence-electron chi connectivity index (χ0n) is 54.0. The number of halogens is 1. The second kappa shape index (κ2) is 39.4. The number of allylic oxidation sites excluding steroid dienone is 8. The zero-order chi connectivity index (χ0) is 64.1. The van der Waals surface area contributed by atoms with E-state index >= 15 is 4.39 Å². The Bertz CT molecular complexity index is 3650. The van der Waals surface area contributed by atoms with Gasteiger partial charge in [-0.15, -0.1) is 12.6 Å². The smallest absolute Gasteiger partial charge is 0.748 e. The Kier molecular flexibility index (Phi) is 35.4. The van der Waals surface area contributed by atoms with E-state index in [1.165, 1.54) is 28.0 Å². The van der Waals surface area contributed by atoms with Crippen molar-refractivity contribution in [3.8, 4) is 0 Å². The van der Waals surface area contributed by atoms with Crippen molar-refractivity contribution in [3.05, 3.63) is 159 Å². The van der Waals surface area contributed by atoms with Crippen molar-refractivity contribution >= 4 is 75.9 Å². The number of nitrogens with one attached hydrogen (secondary N) is 1. The largest absolute Gasteiger partial charge is 1.00 e. The molecule has 0 spiro atoms. The maximum absolute atomic E-state index is 16.3. The monoisotopic (exact) mass is 1340 g/mol. The molecule has 1 amide bonds. The number of ether oxygens (including phenoxy) is 3. The van der Waals surface area contributed by atoms with Gasteiger partial charge in [0, 0.05) is 101 Å². The van der Waals surface area contributed by atoms with Crippen molar-refractivity contribution in [2.45, 2.75) is 110 Å². The molecule has 20 nitrogen and oxygen atoms in total. The number of unbranched alkanes of at least 4 members (excludes halogenated alkanes) is 2. The first-order valence-electron chi connectivity index (χ1n) is 29.8. The van der Waals surface area contributed by atoms with Crippen molar-refractivity contribution in [1.82, 2.24) is 5.32 Å². The molecule has 3 aliphatic rings. The van der Waals surface area contributed by atoms with Gasteiger partial charge >= 0.3 is 99.3 Å². The minimum absolute atomic E-state index is 0. The number of benzene rings is 4. The molecule has 0 aromatic heterocycles. The molecule has 0 bridgehead atoms. The summed E-state index contributed by atoms with van der Waals surface area (Å²) in [7, 11) is -12.1. The quantitative estimate of drug-likeness (QED) is 0.0103. The Labute approximate surface area is 604 Å². The van der Waals surface area contributed by atoms with Gasteiger partial charge < -0.3 is 45.4 Å². The van der Waals surface area contributed by atoms with Gasteiger partial charge in [-0.3, -0.25) is 4.79 Å². The predicted octanol–water partition coefficient (Wildman–Crippen LogP) is 1.41. The second-order valence-corrected chi connectivity index (χ2v) is 26.3. The number of aryl methyl sites for hydroxylation is 1. The Hall–Kier alpha value is -3.60. The van der Waals surface area contributed by atoms with Crippen LogP contribution >= 0.6 is 0 Å². The van der Waals surface area contributed by atoms with Gasteiger partial charge in [0.25, 0.3) is 0 Å². The molecule has 0 fully saturated rings. The number of hydrogen-bond donors (Lipinski definition) is 1. The Morgan fingerprint density at radius 3 is 2.11 bits per heavy atom. The van der Waals surface area contributed by atoms with Crippen LogP contribution in [0.1, 0.15) is 114 Å². The van der Waals surface area contributed by atoms with E-state index in [1.54, 1.807) is 6.07 Å². The van der Waals surface area contributed by atoms with Crippen LogP contribution in [0.15, 0.2) is 119 Å². The number of azide groups is 1. The van der Waals surface area contributed by atoms with Crippen molar-refractivity contribution in [2.24, 2.45) is 5.11 Å². The molecule has 27 heteroatoms. The van der Waals surface area contributed by atoms with E-state index in [9.17, 15) is 30.7 Å². The van der Waals surface area contributed by atoms with Crippen LogP contribution in [0, 0.1) is 19.7 Å². The van der Waals surface area contributed by atoms with Gasteiger partial charge in [0.1, 0.15) is 12.4 Å². The molecule has 478 valence electrons. The van der Waals surface area contributed by atoms with Gasteiger partial charge in [-0.05, 0) is 147 Å². The summed E-state index contributed by atoms with van der Waals surface area (Å²) in [6, 6.07) is 24.0. The third-order valence-electron chi connectivity index (χ3n) is 15.8. The SMILES string of the molecule is O=S(=O)=O.[CH2-]CCN1/C(=C/C=C2\CCCC(/C=C/C3=[N+](CCCCCC(=O)NCCOCCOCCOCCN=[N+]=[N-])c4ccc5cc(C)ccc5c4C3(C)C)=C2c2ccccc2F)C(C)(C)c2cc(N(CCCS(=O)(=O)[O-])CCCS(=O)(=O)[O-])ccc21.[Na+].[Na+].[Na+]. The second-order valence-electron chi connectivity index (χ2n) is 22.9. The van der Waals surface area contributed by atoms with E-state index in [4.69, 9.17) is 32.4 Å². The average molecular weight is 1340 g/mol. The van der Waals surface area contributed by atoms with Gasteiger partial charge in [-0.25, -0.2) is 21.2 Å². The van der Waals surface area contributed by atoms with Crippen LogP contribution in [0.5, 0.6) is 0 Å². The minimum Gasteiger partial charge on any atom is -0.748 e. The summed E-state index contributed by atoms with van der Waals surface area (Å²) in [5.74, 6) is -1.48. The van der Waals surface area contributed by atoms with E-state index < -0.39 is 53.2 Å². The van der Waals surface area contributed by atoms with Crippen molar-refractivity contribution in [2.75, 3.05) is 100 Å². The van der Waals surface area contributed by atoms with E-state index in [0.717, 1.165) is 90.1 Å². The number of rotatable bonds is 33. The molecule has 7 rings (SSSR count). The molecule has 0 saturated heterocycles. The summed E-state index contributed by atoms with van der Waals surface area (Å²) in [4.78, 5) is 19.6. The molecule has 0 atom stereocenters. The summed E-state index contributed by atoms with van der Waals surface area (Å²) in [5, 5.41) is 8.77. The zero-order valence-corrected chi connectivity index (χ0v) is 62.5. The Balaban J connectivity index is 0.00000300. The molecular formula is C64H82FN7Na3O13S3+. The number of carbonyl (C=O) groups excluding carboxylic acids is 1. The molecular weight excluding hydrogens is 1260 g/mol. The summed E-state index contributed by atoms with van der Waals surface area (Å²) in [6.45, 7) is 19.9. The number of carbonyl (C=O) groups is 1. The van der Waals surface area contributed by atoms with Crippen LogP contribution in [-0.2, 0) is 60.7 Å². The number of anilines is 2. The number of fused-ring (bicyclic) bond motifs is 4. The molecule has 2 aliphatic heterocycles. The molecule has 0 radical (unpaired) electrons. The van der Waals surface area contributed by atoms with Gasteiger partial charge in [0.05, 0.1) is 65.3 Å². The third-order valence-corrected chi connectivity index (χ3v) is 17.4. The van der Waals surface area contributed by atoms with Crippen molar-refractivity contribution in [3.63, 3.8) is 0 Å². The maximum Gasteiger partial charge on any atom is 1.00 e. The molecule has 1 aliphatic carbocycles. The fourth-order valence-corrected chi connectivity index (χ4v) is 12.8. The first kappa shape index (κ1) is 81.6. The number of amides is 1. The minimum atomic E-state index is -4.48. The van der Waals surface area contributed by atoms with Gasteiger partial charge in [0.15, 0.2) is 5.71 Å². The van der Waals surface area contributed by atoms with Gasteiger partial charge in [-0.1, -0.05) is 73.1 Å². The summed E-state index contributed by atoms with van der Waals surface area (Å²) >= 11 is 0. The normalized spacial score (nSPS) is 15.7. The first-order chi connectivity index (χ1) is 41.9. The van der Waals surface area contributed by atoms with E-state index in [2.05, 4.69) is 121 Å². The van der Waals surface area contributed by atoms with Crippen molar-refractivity contribution in [1.29, 1.82) is 0 Å². The van der Waals surface area contributed by atoms with Crippen LogP contribution in [-0.4, -0.2) is 145 Å². The number of nitrogens with zero attached hydrogens (tertiary/aromatic N) is 6. The molecule has 2 heterocycles. The van der Waals surface area contributed by atoms with E-state index in [1.807, 2.05) is 35.2 Å². The summed E-state index contributed by atoms with van der Waals surface area (Å²) in [5.41, 5.74) is 19.2. The summed E-state index contributed by atoms with van der Waals surface area (Å²) in [6.07, 6.45) is 14.5. The maximum atomic E-state index is 16.3. The van der Waals surface area contributed by atoms with Crippen LogP contribution in [0.2, 0.25) is 0 Å². The third kappa shape index (κ3) is 24.5. The molecule has 91 heavy (non-hydrogen) atoms. The van der Waals surface area contributed by atoms with E-state index in [0.29, 0.717) is 76.8 Å². The molecule has 4 aromatic carbocycles. The first-order valence-corrected chi connectivity index (χ1v) is 33.9. The molecule has 4 aromatic rings. The van der Waals surface area contributed by atoms with Gasteiger partial charge in [-0.2, -0.15) is 11.0 Å². The van der Waals surface area contributed by atoms with Gasteiger partial charge in [0.2, 0.25) is 11.6 Å². The molecule has 0 unspecified atom stereocenters. The fraction of sp³-hybridized carbons (Fsp3) is 0.484. The van der Waals surface area contributed by atoms with Crippen molar-refractivity contribution < 1.29 is 155 Å². The van der Waals surface area contributed by atoms with Crippen LogP contribution in [0.4, 0.5) is 21.5 Å². The summed E-state index contributed by atoms with van der Waals surface area (Å²) < 4.78 is 130. The Morgan fingerprint density at radius 1 is 0.824 bits per heavy atom. The van der Waals surface area contributed by atoms with Crippen LogP contribution < -0.4 is 104 Å². The van der Waals surface area contributed by atoms with Crippen LogP contribution in [0.3, 0.4) is 0 Å². The van der Waals surface area contributed by atoms with E-state index in [-0.39, 0.29) is 133 Å².